The molecule has 29 heavy (non-hydrogen) atoms. The fourth-order valence-electron chi connectivity index (χ4n) is 4.00. The van der Waals surface area contributed by atoms with Crippen molar-refractivity contribution in [2.75, 3.05) is 20.3 Å². The number of hydrogen-bond acceptors (Lipinski definition) is 5. The average Bonchev–Trinajstić information content (AvgIpc) is 3.19. The van der Waals surface area contributed by atoms with Crippen LogP contribution in [0.2, 0.25) is 0 Å². The van der Waals surface area contributed by atoms with Crippen molar-refractivity contribution in [2.24, 2.45) is 0 Å². The van der Waals surface area contributed by atoms with E-state index in [1.54, 1.807) is 7.11 Å². The summed E-state index contributed by atoms with van der Waals surface area (Å²) in [4.78, 5) is 24.2. The lowest BCUT2D eigenvalue weighted by molar-refractivity contribution is 0.0601. The first-order valence-corrected chi connectivity index (χ1v) is 10.3. The van der Waals surface area contributed by atoms with Gasteiger partial charge in [0.1, 0.15) is 5.52 Å². The van der Waals surface area contributed by atoms with E-state index in [1.165, 1.54) is 6.42 Å². The maximum atomic E-state index is 13.3. The number of ether oxygens (including phenoxy) is 1. The van der Waals surface area contributed by atoms with Gasteiger partial charge in [-0.2, -0.15) is 0 Å². The van der Waals surface area contributed by atoms with Gasteiger partial charge < -0.3 is 14.1 Å². The molecule has 2 aromatic heterocycles. The standard InChI is InChI=1S/C23H27N3O3/c1-28-15-12-22-25-20-11-8-17(16-21(20)29-22)23(27)26-14-5-3-7-19(26)10-9-18-6-2-4-13-24-18/h2,4,6,8,11,13,16,19H,3,5,7,9-10,12,14-15H2,1H3/t19-/m0/s1. The average molecular weight is 393 g/mol. The molecule has 1 saturated heterocycles. The highest BCUT2D eigenvalue weighted by atomic mass is 16.5. The van der Waals surface area contributed by atoms with Crippen molar-refractivity contribution in [3.8, 4) is 0 Å². The molecule has 0 aliphatic carbocycles. The Hall–Kier alpha value is -2.73. The van der Waals surface area contributed by atoms with E-state index < -0.39 is 0 Å². The summed E-state index contributed by atoms with van der Waals surface area (Å²) in [6, 6.07) is 11.8. The van der Waals surface area contributed by atoms with Crippen LogP contribution in [0.5, 0.6) is 0 Å². The molecular weight excluding hydrogens is 366 g/mol. The van der Waals surface area contributed by atoms with Crippen molar-refractivity contribution in [1.82, 2.24) is 14.9 Å². The van der Waals surface area contributed by atoms with Crippen molar-refractivity contribution >= 4 is 17.0 Å². The Labute approximate surface area is 170 Å². The molecule has 3 heterocycles. The number of pyridine rings is 1. The van der Waals surface area contributed by atoms with Gasteiger partial charge in [-0.3, -0.25) is 9.78 Å². The van der Waals surface area contributed by atoms with Gasteiger partial charge in [-0.05, 0) is 62.4 Å². The van der Waals surface area contributed by atoms with Crippen LogP contribution in [-0.2, 0) is 17.6 Å². The molecule has 1 aromatic carbocycles. The molecule has 0 N–H and O–H groups in total. The molecule has 1 aliphatic rings. The number of methoxy groups -OCH3 is 1. The van der Waals surface area contributed by atoms with E-state index in [2.05, 4.69) is 9.97 Å². The van der Waals surface area contributed by atoms with E-state index in [9.17, 15) is 4.79 Å². The highest BCUT2D eigenvalue weighted by Gasteiger charge is 2.27. The summed E-state index contributed by atoms with van der Waals surface area (Å²) in [7, 11) is 1.66. The number of carbonyl (C=O) groups excluding carboxylic acids is 1. The predicted octanol–water partition coefficient (Wildman–Crippen LogP) is 4.04. The first kappa shape index (κ1) is 19.6. The second kappa shape index (κ2) is 9.18. The fraction of sp³-hybridized carbons (Fsp3) is 0.435. The normalized spacial score (nSPS) is 17.0. The summed E-state index contributed by atoms with van der Waals surface area (Å²) in [6.07, 6.45) is 7.54. The van der Waals surface area contributed by atoms with Crippen LogP contribution >= 0.6 is 0 Å². The highest BCUT2D eigenvalue weighted by Crippen LogP contribution is 2.25. The number of carbonyl (C=O) groups is 1. The number of hydrogen-bond donors (Lipinski definition) is 0. The number of piperidine rings is 1. The Morgan fingerprint density at radius 2 is 2.17 bits per heavy atom. The lowest BCUT2D eigenvalue weighted by Gasteiger charge is -2.36. The van der Waals surface area contributed by atoms with E-state index in [0.29, 0.717) is 30.1 Å². The van der Waals surface area contributed by atoms with Crippen LogP contribution in [0.15, 0.2) is 47.0 Å². The largest absolute Gasteiger partial charge is 0.441 e. The molecule has 1 atom stereocenters. The molecule has 0 saturated carbocycles. The molecule has 6 heteroatoms. The maximum Gasteiger partial charge on any atom is 0.254 e. The van der Waals surface area contributed by atoms with E-state index in [-0.39, 0.29) is 11.9 Å². The number of oxazole rings is 1. The summed E-state index contributed by atoms with van der Waals surface area (Å²) < 4.78 is 10.9. The molecule has 6 nitrogen and oxygen atoms in total. The predicted molar refractivity (Wildman–Crippen MR) is 111 cm³/mol. The second-order valence-corrected chi connectivity index (χ2v) is 7.54. The third-order valence-electron chi connectivity index (χ3n) is 5.55. The Kier molecular flexibility index (Phi) is 6.20. The zero-order chi connectivity index (χ0) is 20.1. The first-order chi connectivity index (χ1) is 14.2. The van der Waals surface area contributed by atoms with Crippen molar-refractivity contribution in [3.05, 3.63) is 59.7 Å². The number of aryl methyl sites for hydroxylation is 1. The molecule has 0 bridgehead atoms. The van der Waals surface area contributed by atoms with Gasteiger partial charge in [0.2, 0.25) is 0 Å². The number of fused-ring (bicyclic) bond motifs is 1. The van der Waals surface area contributed by atoms with Gasteiger partial charge in [-0.25, -0.2) is 4.98 Å². The number of aromatic nitrogens is 2. The third kappa shape index (κ3) is 4.65. The maximum absolute atomic E-state index is 13.3. The lowest BCUT2D eigenvalue weighted by atomic mass is 9.96. The van der Waals surface area contributed by atoms with Gasteiger partial charge in [0.15, 0.2) is 11.5 Å². The zero-order valence-electron chi connectivity index (χ0n) is 16.8. The molecule has 0 spiro atoms. The number of benzene rings is 1. The number of rotatable bonds is 7. The molecule has 1 fully saturated rings. The molecule has 4 rings (SSSR count). The summed E-state index contributed by atoms with van der Waals surface area (Å²) in [5.74, 6) is 0.713. The monoisotopic (exact) mass is 393 g/mol. The SMILES string of the molecule is COCCc1nc2ccc(C(=O)N3CCCC[C@H]3CCc3ccccn3)cc2o1. The van der Waals surface area contributed by atoms with E-state index in [4.69, 9.17) is 9.15 Å². The van der Waals surface area contributed by atoms with Crippen LogP contribution in [0.1, 0.15) is 47.6 Å². The lowest BCUT2D eigenvalue weighted by Crippen LogP contribution is -2.44. The molecule has 1 amide bonds. The Morgan fingerprint density at radius 1 is 1.24 bits per heavy atom. The smallest absolute Gasteiger partial charge is 0.254 e. The summed E-state index contributed by atoms with van der Waals surface area (Å²) >= 11 is 0. The van der Waals surface area contributed by atoms with Crippen molar-refractivity contribution in [3.63, 3.8) is 0 Å². The van der Waals surface area contributed by atoms with Gasteiger partial charge in [-0.1, -0.05) is 6.07 Å². The Morgan fingerprint density at radius 3 is 3.00 bits per heavy atom. The number of likely N-dealkylation sites (tertiary alicyclic amines) is 1. The fourth-order valence-corrected chi connectivity index (χ4v) is 4.00. The van der Waals surface area contributed by atoms with Crippen LogP contribution in [0.4, 0.5) is 0 Å². The summed E-state index contributed by atoms with van der Waals surface area (Å²) in [5, 5.41) is 0. The first-order valence-electron chi connectivity index (χ1n) is 10.3. The van der Waals surface area contributed by atoms with E-state index >= 15 is 0 Å². The van der Waals surface area contributed by atoms with Crippen LogP contribution in [0, 0.1) is 0 Å². The van der Waals surface area contributed by atoms with Gasteiger partial charge >= 0.3 is 0 Å². The summed E-state index contributed by atoms with van der Waals surface area (Å²) in [6.45, 7) is 1.36. The molecular formula is C23H27N3O3. The number of nitrogens with zero attached hydrogens (tertiary/aromatic N) is 3. The quantitative estimate of drug-likeness (QED) is 0.606. The van der Waals surface area contributed by atoms with Crippen molar-refractivity contribution in [1.29, 1.82) is 0 Å². The van der Waals surface area contributed by atoms with Gasteiger partial charge in [0, 0.05) is 43.6 Å². The second-order valence-electron chi connectivity index (χ2n) is 7.54. The van der Waals surface area contributed by atoms with E-state index in [1.807, 2.05) is 47.5 Å². The number of amides is 1. The van der Waals surface area contributed by atoms with Gasteiger partial charge in [0.05, 0.1) is 6.61 Å². The topological polar surface area (TPSA) is 68.5 Å². The molecule has 0 radical (unpaired) electrons. The Balaban J connectivity index is 1.48. The van der Waals surface area contributed by atoms with Gasteiger partial charge in [-0.15, -0.1) is 0 Å². The summed E-state index contributed by atoms with van der Waals surface area (Å²) in [5.41, 5.74) is 3.18. The highest BCUT2D eigenvalue weighted by molar-refractivity contribution is 5.97. The molecule has 0 unspecified atom stereocenters. The van der Waals surface area contributed by atoms with E-state index in [0.717, 1.165) is 43.4 Å². The minimum Gasteiger partial charge on any atom is -0.441 e. The minimum atomic E-state index is 0.0764. The zero-order valence-corrected chi connectivity index (χ0v) is 16.8. The third-order valence-corrected chi connectivity index (χ3v) is 5.55. The minimum absolute atomic E-state index is 0.0764. The molecule has 152 valence electrons. The Bertz CT molecular complexity index is 954. The van der Waals surface area contributed by atoms with Crippen molar-refractivity contribution in [2.45, 2.75) is 44.6 Å². The van der Waals surface area contributed by atoms with Crippen LogP contribution in [0.25, 0.3) is 11.1 Å². The van der Waals surface area contributed by atoms with Crippen LogP contribution < -0.4 is 0 Å². The molecule has 3 aromatic rings. The van der Waals surface area contributed by atoms with Crippen LogP contribution in [-0.4, -0.2) is 47.1 Å². The van der Waals surface area contributed by atoms with Crippen LogP contribution in [0.3, 0.4) is 0 Å². The molecule has 1 aliphatic heterocycles. The van der Waals surface area contributed by atoms with Crippen molar-refractivity contribution < 1.29 is 13.9 Å². The van der Waals surface area contributed by atoms with Gasteiger partial charge in [0.25, 0.3) is 5.91 Å².